The van der Waals surface area contributed by atoms with E-state index >= 15 is 0 Å². The number of carbonyl (C=O) groups is 1. The van der Waals surface area contributed by atoms with Crippen LogP contribution < -0.4 is 0 Å². The second-order valence-electron chi connectivity index (χ2n) is 4.18. The van der Waals surface area contributed by atoms with Crippen molar-refractivity contribution in [2.24, 2.45) is 0 Å². The zero-order valence-electron chi connectivity index (χ0n) is 10.3. The third-order valence-electron chi connectivity index (χ3n) is 3.02. The number of thiazole rings is 1. The molecule has 0 bridgehead atoms. The standard InChI is InChI=1S/C14H11BrN2OS/c1-2-9-6-10(15)7-12-13(9)16-14(19-12)17-5-3-4-11(17)8-18/h3-8H,2H2,1H3. The van der Waals surface area contributed by atoms with Gasteiger partial charge in [-0.3, -0.25) is 9.36 Å². The van der Waals surface area contributed by atoms with Crippen LogP contribution in [0.1, 0.15) is 23.0 Å². The van der Waals surface area contributed by atoms with Gasteiger partial charge in [-0.05, 0) is 36.2 Å². The van der Waals surface area contributed by atoms with Crippen molar-refractivity contribution in [3.63, 3.8) is 0 Å². The Morgan fingerprint density at radius 2 is 2.32 bits per heavy atom. The van der Waals surface area contributed by atoms with Crippen LogP contribution in [0.25, 0.3) is 15.3 Å². The number of fused-ring (bicyclic) bond motifs is 1. The number of aldehydes is 1. The van der Waals surface area contributed by atoms with Gasteiger partial charge in [0, 0.05) is 10.7 Å². The van der Waals surface area contributed by atoms with Crippen LogP contribution in [0.5, 0.6) is 0 Å². The Balaban J connectivity index is 2.24. The Kier molecular flexibility index (Phi) is 3.24. The van der Waals surface area contributed by atoms with Gasteiger partial charge in [-0.2, -0.15) is 0 Å². The minimum atomic E-state index is 0.621. The molecule has 0 atom stereocenters. The van der Waals surface area contributed by atoms with E-state index in [0.29, 0.717) is 5.69 Å². The number of hydrogen-bond donors (Lipinski definition) is 0. The lowest BCUT2D eigenvalue weighted by Gasteiger charge is -1.99. The Morgan fingerprint density at radius 3 is 3.05 bits per heavy atom. The number of carbonyl (C=O) groups excluding carboxylic acids is 1. The SMILES string of the molecule is CCc1cc(Br)cc2sc(-n3cccc3C=O)nc12. The second-order valence-corrected chi connectivity index (χ2v) is 6.11. The maximum atomic E-state index is 11.0. The lowest BCUT2D eigenvalue weighted by molar-refractivity contribution is 0.111. The molecule has 3 rings (SSSR count). The minimum absolute atomic E-state index is 0.621. The predicted molar refractivity (Wildman–Crippen MR) is 81.4 cm³/mol. The summed E-state index contributed by atoms with van der Waals surface area (Å²) < 4.78 is 4.02. The number of nitrogens with zero attached hydrogens (tertiary/aromatic N) is 2. The Morgan fingerprint density at radius 1 is 1.47 bits per heavy atom. The van der Waals surface area contributed by atoms with Crippen molar-refractivity contribution in [1.29, 1.82) is 0 Å². The molecule has 0 unspecified atom stereocenters. The third-order valence-corrected chi connectivity index (χ3v) is 4.47. The lowest BCUT2D eigenvalue weighted by atomic mass is 10.1. The fraction of sp³-hybridized carbons (Fsp3) is 0.143. The molecule has 2 heterocycles. The Bertz CT molecular complexity index is 760. The lowest BCUT2D eigenvalue weighted by Crippen LogP contribution is -1.96. The van der Waals surface area contributed by atoms with Crippen LogP contribution in [0, 0.1) is 0 Å². The summed E-state index contributed by atoms with van der Waals surface area (Å²) in [6.07, 6.45) is 3.65. The molecule has 1 aromatic carbocycles. The van der Waals surface area contributed by atoms with Crippen LogP contribution >= 0.6 is 27.3 Å². The summed E-state index contributed by atoms with van der Waals surface area (Å²) in [6.45, 7) is 2.12. The van der Waals surface area contributed by atoms with Gasteiger partial charge in [-0.25, -0.2) is 4.98 Å². The molecule has 0 aliphatic carbocycles. The van der Waals surface area contributed by atoms with Gasteiger partial charge < -0.3 is 0 Å². The normalized spacial score (nSPS) is 11.1. The minimum Gasteiger partial charge on any atom is -0.296 e. The molecule has 2 aromatic heterocycles. The molecule has 19 heavy (non-hydrogen) atoms. The number of aromatic nitrogens is 2. The van der Waals surface area contributed by atoms with Gasteiger partial charge in [0.2, 0.25) is 0 Å². The van der Waals surface area contributed by atoms with E-state index in [4.69, 9.17) is 0 Å². The zero-order valence-corrected chi connectivity index (χ0v) is 12.7. The highest BCUT2D eigenvalue weighted by Crippen LogP contribution is 2.31. The van der Waals surface area contributed by atoms with Gasteiger partial charge in [-0.1, -0.05) is 34.2 Å². The van der Waals surface area contributed by atoms with E-state index in [1.165, 1.54) is 5.56 Å². The number of halogens is 1. The van der Waals surface area contributed by atoms with E-state index in [9.17, 15) is 4.79 Å². The largest absolute Gasteiger partial charge is 0.296 e. The van der Waals surface area contributed by atoms with Gasteiger partial charge in [-0.15, -0.1) is 0 Å². The highest BCUT2D eigenvalue weighted by Gasteiger charge is 2.11. The van der Waals surface area contributed by atoms with Crippen molar-refractivity contribution in [2.75, 3.05) is 0 Å². The number of benzene rings is 1. The van der Waals surface area contributed by atoms with Crippen molar-refractivity contribution < 1.29 is 4.79 Å². The summed E-state index contributed by atoms with van der Waals surface area (Å²) in [5.41, 5.74) is 2.86. The van der Waals surface area contributed by atoms with Crippen LogP contribution in [0.2, 0.25) is 0 Å². The molecule has 3 nitrogen and oxygen atoms in total. The molecular formula is C14H11BrN2OS. The highest BCUT2D eigenvalue weighted by molar-refractivity contribution is 9.10. The molecule has 0 saturated heterocycles. The van der Waals surface area contributed by atoms with E-state index in [1.807, 2.05) is 16.8 Å². The third kappa shape index (κ3) is 2.13. The van der Waals surface area contributed by atoms with Gasteiger partial charge in [0.1, 0.15) is 0 Å². The van der Waals surface area contributed by atoms with E-state index in [0.717, 1.165) is 32.5 Å². The fourth-order valence-corrected chi connectivity index (χ4v) is 3.80. The average molecular weight is 335 g/mol. The molecule has 0 N–H and O–H groups in total. The quantitative estimate of drug-likeness (QED) is 0.672. The first-order chi connectivity index (χ1) is 9.22. The van der Waals surface area contributed by atoms with Crippen molar-refractivity contribution in [2.45, 2.75) is 13.3 Å². The molecule has 0 radical (unpaired) electrons. The van der Waals surface area contributed by atoms with Crippen LogP contribution in [0.3, 0.4) is 0 Å². The first-order valence-corrected chi connectivity index (χ1v) is 7.55. The van der Waals surface area contributed by atoms with Crippen molar-refractivity contribution in [3.8, 4) is 5.13 Å². The van der Waals surface area contributed by atoms with Gasteiger partial charge in [0.25, 0.3) is 0 Å². The van der Waals surface area contributed by atoms with Crippen LogP contribution in [0.15, 0.2) is 34.9 Å². The van der Waals surface area contributed by atoms with E-state index in [2.05, 4.69) is 40.0 Å². The van der Waals surface area contributed by atoms with Crippen molar-refractivity contribution in [1.82, 2.24) is 9.55 Å². The summed E-state index contributed by atoms with van der Waals surface area (Å²) in [7, 11) is 0. The molecule has 3 aromatic rings. The summed E-state index contributed by atoms with van der Waals surface area (Å²) in [5, 5.41) is 0.829. The molecule has 0 aliphatic heterocycles. The Hall–Kier alpha value is -1.46. The summed E-state index contributed by atoms with van der Waals surface area (Å²) in [6, 6.07) is 7.81. The summed E-state index contributed by atoms with van der Waals surface area (Å²) in [5.74, 6) is 0. The van der Waals surface area contributed by atoms with E-state index in [1.54, 1.807) is 17.4 Å². The first-order valence-electron chi connectivity index (χ1n) is 5.94. The van der Waals surface area contributed by atoms with Gasteiger partial charge >= 0.3 is 0 Å². The maximum absolute atomic E-state index is 11.0. The molecule has 0 spiro atoms. The second kappa shape index (κ2) is 4.90. The molecule has 0 fully saturated rings. The van der Waals surface area contributed by atoms with Gasteiger partial charge in [0.05, 0.1) is 15.9 Å². The highest BCUT2D eigenvalue weighted by atomic mass is 79.9. The van der Waals surface area contributed by atoms with Crippen molar-refractivity contribution >= 4 is 43.8 Å². The predicted octanol–water partition coefficient (Wildman–Crippen LogP) is 4.22. The topological polar surface area (TPSA) is 34.9 Å². The fourth-order valence-electron chi connectivity index (χ4n) is 2.09. The number of hydrogen-bond acceptors (Lipinski definition) is 3. The smallest absolute Gasteiger partial charge is 0.195 e. The number of aryl methyl sites for hydroxylation is 1. The van der Waals surface area contributed by atoms with Crippen LogP contribution in [0.4, 0.5) is 0 Å². The molecular weight excluding hydrogens is 324 g/mol. The van der Waals surface area contributed by atoms with Crippen molar-refractivity contribution in [3.05, 3.63) is 46.2 Å². The van der Waals surface area contributed by atoms with Crippen LogP contribution in [-0.2, 0) is 6.42 Å². The molecule has 0 aliphatic rings. The molecule has 96 valence electrons. The zero-order chi connectivity index (χ0) is 13.4. The summed E-state index contributed by atoms with van der Waals surface area (Å²) >= 11 is 5.12. The molecule has 0 amide bonds. The van der Waals surface area contributed by atoms with E-state index in [-0.39, 0.29) is 0 Å². The maximum Gasteiger partial charge on any atom is 0.195 e. The van der Waals surface area contributed by atoms with Gasteiger partial charge in [0.15, 0.2) is 11.4 Å². The molecule has 0 saturated carbocycles. The summed E-state index contributed by atoms with van der Waals surface area (Å²) in [4.78, 5) is 15.7. The Labute approximate surface area is 123 Å². The monoisotopic (exact) mass is 334 g/mol. The van der Waals surface area contributed by atoms with E-state index < -0.39 is 0 Å². The first kappa shape index (κ1) is 12.6. The van der Waals surface area contributed by atoms with Crippen LogP contribution in [-0.4, -0.2) is 15.8 Å². The number of rotatable bonds is 3. The average Bonchev–Trinajstić information content (AvgIpc) is 3.02. The molecule has 5 heteroatoms.